The molecule has 1 atom stereocenters. The lowest BCUT2D eigenvalue weighted by molar-refractivity contribution is 0.395. The summed E-state index contributed by atoms with van der Waals surface area (Å²) in [4.78, 5) is 1.41. The lowest BCUT2D eigenvalue weighted by Crippen LogP contribution is -2.26. The molecule has 0 saturated carbocycles. The quantitative estimate of drug-likeness (QED) is 0.799. The van der Waals surface area contributed by atoms with Gasteiger partial charge in [-0.1, -0.05) is 0 Å². The highest BCUT2D eigenvalue weighted by Crippen LogP contribution is 2.46. The minimum atomic E-state index is 0.501. The van der Waals surface area contributed by atoms with Crippen LogP contribution in [0.1, 0.15) is 22.6 Å². The minimum absolute atomic E-state index is 0.501. The van der Waals surface area contributed by atoms with Gasteiger partial charge in [0.25, 0.3) is 0 Å². The van der Waals surface area contributed by atoms with E-state index in [1.807, 2.05) is 11.8 Å². The number of hydrogen-bond acceptors (Lipinski definition) is 3. The van der Waals surface area contributed by atoms with Crippen molar-refractivity contribution in [2.45, 2.75) is 24.2 Å². The lowest BCUT2D eigenvalue weighted by Gasteiger charge is -2.33. The summed E-state index contributed by atoms with van der Waals surface area (Å²) in [6, 6.07) is 2.13. The average molecular weight is 223 g/mol. The van der Waals surface area contributed by atoms with Gasteiger partial charge in [-0.3, -0.25) is 0 Å². The second-order valence-corrected chi connectivity index (χ2v) is 4.77. The number of aryl methyl sites for hydroxylation is 1. The zero-order valence-corrected chi connectivity index (χ0v) is 10.3. The fourth-order valence-corrected chi connectivity index (χ4v) is 3.19. The van der Waals surface area contributed by atoms with Crippen LogP contribution in [-0.4, -0.2) is 19.9 Å². The first-order valence-corrected chi connectivity index (χ1v) is 6.39. The maximum atomic E-state index is 5.74. The third-order valence-electron chi connectivity index (χ3n) is 3.14. The van der Waals surface area contributed by atoms with E-state index in [1.165, 1.54) is 21.6 Å². The predicted octanol–water partition coefficient (Wildman–Crippen LogP) is 2.32. The van der Waals surface area contributed by atoms with Crippen LogP contribution in [0.2, 0.25) is 0 Å². The zero-order valence-electron chi connectivity index (χ0n) is 9.46. The van der Waals surface area contributed by atoms with Crippen molar-refractivity contribution in [1.82, 2.24) is 0 Å². The van der Waals surface area contributed by atoms with Gasteiger partial charge < -0.3 is 10.5 Å². The molecule has 1 aliphatic carbocycles. The number of hydrogen-bond donors (Lipinski definition) is 1. The van der Waals surface area contributed by atoms with Gasteiger partial charge in [0, 0.05) is 16.4 Å². The molecule has 1 aromatic carbocycles. The van der Waals surface area contributed by atoms with Crippen molar-refractivity contribution < 1.29 is 4.74 Å². The molecular weight excluding hydrogens is 206 g/mol. The second-order valence-electron chi connectivity index (χ2n) is 3.96. The smallest absolute Gasteiger partial charge is 0.123 e. The maximum Gasteiger partial charge on any atom is 0.123 e. The van der Waals surface area contributed by atoms with Crippen molar-refractivity contribution in [2.75, 3.05) is 19.9 Å². The summed E-state index contributed by atoms with van der Waals surface area (Å²) >= 11 is 1.82. The Morgan fingerprint density at radius 3 is 2.87 bits per heavy atom. The number of nitrogens with two attached hydrogens (primary N) is 1. The first kappa shape index (κ1) is 10.8. The molecule has 0 fully saturated rings. The SMILES string of the molecule is COc1cc(C)c(SC)c2c1C(CN)C2. The van der Waals surface area contributed by atoms with E-state index < -0.39 is 0 Å². The Bertz CT molecular complexity index is 390. The van der Waals surface area contributed by atoms with Gasteiger partial charge in [-0.05, 0) is 43.3 Å². The molecule has 3 heteroatoms. The molecule has 0 bridgehead atoms. The highest BCUT2D eigenvalue weighted by Gasteiger charge is 2.31. The molecule has 0 saturated heterocycles. The zero-order chi connectivity index (χ0) is 11.0. The van der Waals surface area contributed by atoms with E-state index in [4.69, 9.17) is 10.5 Å². The van der Waals surface area contributed by atoms with Gasteiger partial charge in [-0.2, -0.15) is 0 Å². The first-order valence-electron chi connectivity index (χ1n) is 5.17. The van der Waals surface area contributed by atoms with E-state index in [2.05, 4.69) is 19.2 Å². The van der Waals surface area contributed by atoms with Gasteiger partial charge in [0.2, 0.25) is 0 Å². The standard InChI is InChI=1S/C12H17NOS/c1-7-4-10(14-2)11-8(6-13)5-9(11)12(7)15-3/h4,8H,5-6,13H2,1-3H3. The summed E-state index contributed by atoms with van der Waals surface area (Å²) in [6.07, 6.45) is 3.24. The fourth-order valence-electron chi connectivity index (χ4n) is 2.37. The Hall–Kier alpha value is -0.670. The Balaban J connectivity index is 2.54. The molecule has 15 heavy (non-hydrogen) atoms. The van der Waals surface area contributed by atoms with E-state index >= 15 is 0 Å². The summed E-state index contributed by atoms with van der Waals surface area (Å²) in [5, 5.41) is 0. The van der Waals surface area contributed by atoms with E-state index in [9.17, 15) is 0 Å². The van der Waals surface area contributed by atoms with Crippen molar-refractivity contribution in [3.8, 4) is 5.75 Å². The molecule has 1 aromatic rings. The summed E-state index contributed by atoms with van der Waals surface area (Å²) in [5.41, 5.74) is 9.85. The number of benzene rings is 1. The summed E-state index contributed by atoms with van der Waals surface area (Å²) in [6.45, 7) is 2.87. The van der Waals surface area contributed by atoms with Gasteiger partial charge in [0.15, 0.2) is 0 Å². The van der Waals surface area contributed by atoms with E-state index in [1.54, 1.807) is 7.11 Å². The number of thioether (sulfide) groups is 1. The Kier molecular flexibility index (Phi) is 2.94. The van der Waals surface area contributed by atoms with Crippen molar-refractivity contribution >= 4 is 11.8 Å². The number of fused-ring (bicyclic) bond motifs is 1. The summed E-state index contributed by atoms with van der Waals surface area (Å²) in [7, 11) is 1.74. The highest BCUT2D eigenvalue weighted by molar-refractivity contribution is 7.98. The molecular formula is C12H17NOS. The molecule has 2 rings (SSSR count). The van der Waals surface area contributed by atoms with Crippen LogP contribution in [0.5, 0.6) is 5.75 Å². The Morgan fingerprint density at radius 2 is 2.33 bits per heavy atom. The second kappa shape index (κ2) is 4.06. The van der Waals surface area contributed by atoms with Crippen molar-refractivity contribution in [2.24, 2.45) is 5.73 Å². The van der Waals surface area contributed by atoms with Gasteiger partial charge >= 0.3 is 0 Å². The van der Waals surface area contributed by atoms with E-state index in [0.29, 0.717) is 5.92 Å². The van der Waals surface area contributed by atoms with Crippen LogP contribution >= 0.6 is 11.8 Å². The lowest BCUT2D eigenvalue weighted by atomic mass is 9.76. The third-order valence-corrected chi connectivity index (χ3v) is 4.11. The van der Waals surface area contributed by atoms with Gasteiger partial charge in [0.05, 0.1) is 7.11 Å². The summed E-state index contributed by atoms with van der Waals surface area (Å²) in [5.74, 6) is 1.52. The minimum Gasteiger partial charge on any atom is -0.496 e. The van der Waals surface area contributed by atoms with E-state index in [-0.39, 0.29) is 0 Å². The van der Waals surface area contributed by atoms with Crippen molar-refractivity contribution in [1.29, 1.82) is 0 Å². The molecule has 0 aromatic heterocycles. The molecule has 0 spiro atoms. The van der Waals surface area contributed by atoms with Gasteiger partial charge in [-0.25, -0.2) is 0 Å². The molecule has 2 nitrogen and oxygen atoms in total. The van der Waals surface area contributed by atoms with Crippen LogP contribution in [0.15, 0.2) is 11.0 Å². The number of rotatable bonds is 3. The Morgan fingerprint density at radius 1 is 1.60 bits per heavy atom. The topological polar surface area (TPSA) is 35.2 Å². The molecule has 1 unspecified atom stereocenters. The van der Waals surface area contributed by atoms with Crippen molar-refractivity contribution in [3.63, 3.8) is 0 Å². The van der Waals surface area contributed by atoms with Crippen LogP contribution in [0.4, 0.5) is 0 Å². The highest BCUT2D eigenvalue weighted by atomic mass is 32.2. The molecule has 82 valence electrons. The predicted molar refractivity (Wildman–Crippen MR) is 65.0 cm³/mol. The van der Waals surface area contributed by atoms with Crippen LogP contribution in [-0.2, 0) is 6.42 Å². The molecule has 1 aliphatic rings. The fraction of sp³-hybridized carbons (Fsp3) is 0.500. The van der Waals surface area contributed by atoms with Crippen LogP contribution in [0.3, 0.4) is 0 Å². The molecule has 0 radical (unpaired) electrons. The normalized spacial score (nSPS) is 18.3. The molecule has 0 heterocycles. The number of methoxy groups -OCH3 is 1. The van der Waals surface area contributed by atoms with Crippen LogP contribution < -0.4 is 10.5 Å². The van der Waals surface area contributed by atoms with E-state index in [0.717, 1.165) is 18.7 Å². The number of ether oxygens (including phenoxy) is 1. The van der Waals surface area contributed by atoms with Crippen molar-refractivity contribution in [3.05, 3.63) is 22.8 Å². The average Bonchev–Trinajstić information content (AvgIpc) is 2.20. The molecule has 0 amide bonds. The monoisotopic (exact) mass is 223 g/mol. The first-order chi connectivity index (χ1) is 7.22. The molecule has 0 aliphatic heterocycles. The van der Waals surface area contributed by atoms with Crippen LogP contribution in [0.25, 0.3) is 0 Å². The van der Waals surface area contributed by atoms with Crippen LogP contribution in [0, 0.1) is 6.92 Å². The van der Waals surface area contributed by atoms with Gasteiger partial charge in [0.1, 0.15) is 5.75 Å². The molecule has 2 N–H and O–H groups in total. The van der Waals surface area contributed by atoms with Gasteiger partial charge in [-0.15, -0.1) is 11.8 Å². The Labute approximate surface area is 95.2 Å². The summed E-state index contributed by atoms with van der Waals surface area (Å²) < 4.78 is 5.42. The largest absolute Gasteiger partial charge is 0.496 e. The maximum absolute atomic E-state index is 5.74. The third kappa shape index (κ3) is 1.54.